The van der Waals surface area contributed by atoms with Crippen LogP contribution in [-0.4, -0.2) is 27.3 Å². The molecule has 1 heterocycles. The number of tetrazole rings is 1. The second kappa shape index (κ2) is 6.15. The third-order valence-corrected chi connectivity index (χ3v) is 3.55. The number of rotatable bonds is 4. The van der Waals surface area contributed by atoms with Crippen LogP contribution in [0.3, 0.4) is 0 Å². The topological polar surface area (TPSA) is 52.8 Å². The van der Waals surface area contributed by atoms with Gasteiger partial charge in [0.1, 0.15) is 5.75 Å². The van der Waals surface area contributed by atoms with Gasteiger partial charge in [0, 0.05) is 16.1 Å². The summed E-state index contributed by atoms with van der Waals surface area (Å²) in [5.74, 6) is 1.35. The number of methoxy groups -OCH3 is 1. The molecule has 0 radical (unpaired) electrons. The first-order chi connectivity index (χ1) is 10.7. The summed E-state index contributed by atoms with van der Waals surface area (Å²) in [6, 6.07) is 13.5. The molecule has 5 nitrogen and oxygen atoms in total. The molecule has 3 aromatic rings. The number of aryl methyl sites for hydroxylation is 1. The van der Waals surface area contributed by atoms with E-state index >= 15 is 0 Å². The molecule has 112 valence electrons. The highest BCUT2D eigenvalue weighted by molar-refractivity contribution is 6.30. The van der Waals surface area contributed by atoms with Gasteiger partial charge in [-0.15, -0.1) is 10.2 Å². The molecular formula is C16H15ClN4O. The van der Waals surface area contributed by atoms with Gasteiger partial charge >= 0.3 is 0 Å². The van der Waals surface area contributed by atoms with Crippen LogP contribution in [0.4, 0.5) is 0 Å². The van der Waals surface area contributed by atoms with Gasteiger partial charge in [-0.25, -0.2) is 0 Å². The Morgan fingerprint density at radius 3 is 2.64 bits per heavy atom. The first kappa shape index (κ1) is 14.5. The Kier molecular flexibility index (Phi) is 4.06. The zero-order chi connectivity index (χ0) is 15.5. The summed E-state index contributed by atoms with van der Waals surface area (Å²) in [6.45, 7) is 2.49. The quantitative estimate of drug-likeness (QED) is 0.741. The standard InChI is InChI=1S/C16H15ClN4O/c1-11-3-5-12(6-4-11)16-18-20-21(19-16)10-13-9-14(17)7-8-15(13)22-2/h3-9H,10H2,1-2H3. The molecule has 0 aliphatic carbocycles. The molecule has 0 N–H and O–H groups in total. The fourth-order valence-electron chi connectivity index (χ4n) is 2.15. The van der Waals surface area contributed by atoms with E-state index in [-0.39, 0.29) is 0 Å². The summed E-state index contributed by atoms with van der Waals surface area (Å²) in [5.41, 5.74) is 3.04. The maximum atomic E-state index is 6.03. The van der Waals surface area contributed by atoms with Crippen molar-refractivity contribution in [3.05, 3.63) is 58.6 Å². The van der Waals surface area contributed by atoms with Gasteiger partial charge in [-0.1, -0.05) is 41.4 Å². The van der Waals surface area contributed by atoms with E-state index in [0.717, 1.165) is 16.9 Å². The van der Waals surface area contributed by atoms with Crippen LogP contribution in [0, 0.1) is 6.92 Å². The molecule has 3 rings (SSSR count). The Hall–Kier alpha value is -2.40. The van der Waals surface area contributed by atoms with Gasteiger partial charge in [0.2, 0.25) is 5.82 Å². The molecule has 0 atom stereocenters. The molecule has 0 saturated heterocycles. The van der Waals surface area contributed by atoms with Crippen LogP contribution < -0.4 is 4.74 Å². The summed E-state index contributed by atoms with van der Waals surface area (Å²) >= 11 is 6.03. The average Bonchev–Trinajstić information content (AvgIpc) is 2.97. The Bertz CT molecular complexity index is 783. The first-order valence-corrected chi connectivity index (χ1v) is 7.21. The molecule has 0 spiro atoms. The SMILES string of the molecule is COc1ccc(Cl)cc1Cn1nnc(-c2ccc(C)cc2)n1. The van der Waals surface area contributed by atoms with Crippen LogP contribution >= 0.6 is 11.6 Å². The first-order valence-electron chi connectivity index (χ1n) is 6.83. The molecule has 0 amide bonds. The van der Waals surface area contributed by atoms with Crippen LogP contribution in [0.25, 0.3) is 11.4 Å². The van der Waals surface area contributed by atoms with Crippen molar-refractivity contribution in [1.82, 2.24) is 20.2 Å². The lowest BCUT2D eigenvalue weighted by molar-refractivity contribution is 0.405. The number of hydrogen-bond donors (Lipinski definition) is 0. The zero-order valence-corrected chi connectivity index (χ0v) is 13.1. The maximum absolute atomic E-state index is 6.03. The van der Waals surface area contributed by atoms with Crippen molar-refractivity contribution >= 4 is 11.6 Å². The highest BCUT2D eigenvalue weighted by atomic mass is 35.5. The van der Waals surface area contributed by atoms with Gasteiger partial charge in [-0.3, -0.25) is 0 Å². The summed E-state index contributed by atoms with van der Waals surface area (Å²) in [7, 11) is 1.62. The van der Waals surface area contributed by atoms with Crippen molar-refractivity contribution in [1.29, 1.82) is 0 Å². The van der Waals surface area contributed by atoms with Gasteiger partial charge < -0.3 is 4.74 Å². The van der Waals surface area contributed by atoms with Crippen molar-refractivity contribution in [2.75, 3.05) is 7.11 Å². The minimum atomic E-state index is 0.447. The molecule has 0 bridgehead atoms. The van der Waals surface area contributed by atoms with E-state index in [2.05, 4.69) is 15.4 Å². The lowest BCUT2D eigenvalue weighted by atomic mass is 10.1. The molecule has 0 unspecified atom stereocenters. The van der Waals surface area contributed by atoms with E-state index in [1.807, 2.05) is 43.3 Å². The van der Waals surface area contributed by atoms with Crippen molar-refractivity contribution in [2.45, 2.75) is 13.5 Å². The Morgan fingerprint density at radius 1 is 1.14 bits per heavy atom. The van der Waals surface area contributed by atoms with Crippen molar-refractivity contribution in [2.24, 2.45) is 0 Å². The third kappa shape index (κ3) is 3.09. The molecule has 0 fully saturated rings. The number of ether oxygens (including phenoxy) is 1. The molecule has 6 heteroatoms. The smallest absolute Gasteiger partial charge is 0.204 e. The second-order valence-corrected chi connectivity index (χ2v) is 5.40. The Balaban J connectivity index is 1.85. The van der Waals surface area contributed by atoms with Crippen molar-refractivity contribution in [3.63, 3.8) is 0 Å². The molecule has 0 aliphatic heterocycles. The van der Waals surface area contributed by atoms with Gasteiger partial charge in [0.25, 0.3) is 0 Å². The largest absolute Gasteiger partial charge is 0.496 e. The highest BCUT2D eigenvalue weighted by Crippen LogP contribution is 2.23. The predicted molar refractivity (Wildman–Crippen MR) is 85.1 cm³/mol. The van der Waals surface area contributed by atoms with E-state index < -0.39 is 0 Å². The molecule has 0 aliphatic rings. The predicted octanol–water partition coefficient (Wildman–Crippen LogP) is 3.36. The van der Waals surface area contributed by atoms with Gasteiger partial charge in [-0.2, -0.15) is 4.80 Å². The van der Waals surface area contributed by atoms with Gasteiger partial charge in [0.15, 0.2) is 0 Å². The minimum absolute atomic E-state index is 0.447. The van der Waals surface area contributed by atoms with E-state index in [1.54, 1.807) is 13.2 Å². The summed E-state index contributed by atoms with van der Waals surface area (Å²) in [4.78, 5) is 1.53. The number of halogens is 1. The maximum Gasteiger partial charge on any atom is 0.204 e. The van der Waals surface area contributed by atoms with E-state index in [4.69, 9.17) is 16.3 Å². The van der Waals surface area contributed by atoms with Gasteiger partial charge in [-0.05, 0) is 30.3 Å². The Labute approximate surface area is 133 Å². The summed E-state index contributed by atoms with van der Waals surface area (Å²) in [6.07, 6.45) is 0. The fraction of sp³-hybridized carbons (Fsp3) is 0.188. The third-order valence-electron chi connectivity index (χ3n) is 3.32. The zero-order valence-electron chi connectivity index (χ0n) is 12.3. The summed E-state index contributed by atoms with van der Waals surface area (Å²) < 4.78 is 5.33. The normalized spacial score (nSPS) is 10.7. The molecule has 1 aromatic heterocycles. The van der Waals surface area contributed by atoms with Crippen LogP contribution in [0.1, 0.15) is 11.1 Å². The number of aromatic nitrogens is 4. The van der Waals surface area contributed by atoms with Crippen LogP contribution in [0.2, 0.25) is 5.02 Å². The number of benzene rings is 2. The lowest BCUT2D eigenvalue weighted by Crippen LogP contribution is -2.05. The van der Waals surface area contributed by atoms with Crippen LogP contribution in [-0.2, 0) is 6.54 Å². The number of hydrogen-bond acceptors (Lipinski definition) is 4. The average molecular weight is 315 g/mol. The second-order valence-electron chi connectivity index (χ2n) is 4.97. The fourth-order valence-corrected chi connectivity index (χ4v) is 2.35. The van der Waals surface area contributed by atoms with E-state index in [9.17, 15) is 0 Å². The molecule has 22 heavy (non-hydrogen) atoms. The van der Waals surface area contributed by atoms with Gasteiger partial charge in [0.05, 0.1) is 13.7 Å². The van der Waals surface area contributed by atoms with Crippen molar-refractivity contribution in [3.8, 4) is 17.1 Å². The van der Waals surface area contributed by atoms with Crippen LogP contribution in [0.5, 0.6) is 5.75 Å². The van der Waals surface area contributed by atoms with E-state index in [0.29, 0.717) is 17.4 Å². The molecular weight excluding hydrogens is 300 g/mol. The molecule has 0 saturated carbocycles. The minimum Gasteiger partial charge on any atom is -0.496 e. The summed E-state index contributed by atoms with van der Waals surface area (Å²) in [5, 5.41) is 13.2. The lowest BCUT2D eigenvalue weighted by Gasteiger charge is -2.07. The monoisotopic (exact) mass is 314 g/mol. The van der Waals surface area contributed by atoms with Crippen molar-refractivity contribution < 1.29 is 4.74 Å². The number of nitrogens with zero attached hydrogens (tertiary/aromatic N) is 4. The molecule has 2 aromatic carbocycles. The van der Waals surface area contributed by atoms with E-state index in [1.165, 1.54) is 10.4 Å². The highest BCUT2D eigenvalue weighted by Gasteiger charge is 2.09. The van der Waals surface area contributed by atoms with Crippen LogP contribution in [0.15, 0.2) is 42.5 Å². The Morgan fingerprint density at radius 2 is 1.91 bits per heavy atom.